The minimum atomic E-state index is -0.350. The number of thioether (sulfide) groups is 2. The van der Waals surface area contributed by atoms with E-state index < -0.39 is 0 Å². The first-order chi connectivity index (χ1) is 23.4. The van der Waals surface area contributed by atoms with Crippen LogP contribution >= 0.6 is 45.1 Å². The molecule has 6 nitrogen and oxygen atoms in total. The van der Waals surface area contributed by atoms with Gasteiger partial charge in [0, 0.05) is 23.9 Å². The van der Waals surface area contributed by atoms with Crippen LogP contribution in [0.15, 0.2) is 117 Å². The summed E-state index contributed by atoms with van der Waals surface area (Å²) in [6.45, 7) is 8.35. The van der Waals surface area contributed by atoms with E-state index in [2.05, 4.69) is 50.2 Å². The van der Waals surface area contributed by atoms with E-state index in [0.29, 0.717) is 22.9 Å². The quantitative estimate of drug-likeness (QED) is 0.0666. The van der Waals surface area contributed by atoms with Crippen LogP contribution in [-0.2, 0) is 21.0 Å². The minimum absolute atomic E-state index is 0.284. The predicted octanol–water partition coefficient (Wildman–Crippen LogP) is 10.5. The van der Waals surface area contributed by atoms with Gasteiger partial charge in [0.2, 0.25) is 0 Å². The zero-order valence-corrected chi connectivity index (χ0v) is 30.5. The van der Waals surface area contributed by atoms with Crippen molar-refractivity contribution in [3.8, 4) is 0 Å². The van der Waals surface area contributed by atoms with Gasteiger partial charge in [-0.1, -0.05) is 60.7 Å². The highest BCUT2D eigenvalue weighted by Crippen LogP contribution is 2.52. The molecule has 0 aliphatic carbocycles. The molecule has 2 aromatic carbocycles. The van der Waals surface area contributed by atoms with E-state index in [0.717, 1.165) is 41.7 Å². The van der Waals surface area contributed by atoms with Crippen molar-refractivity contribution in [1.29, 1.82) is 0 Å². The molecule has 0 aliphatic rings. The summed E-state index contributed by atoms with van der Waals surface area (Å²) in [4.78, 5) is 30.8. The molecular weight excluding hydrogens is 677 g/mol. The van der Waals surface area contributed by atoms with Gasteiger partial charge in [0.1, 0.15) is 11.4 Å². The van der Waals surface area contributed by atoms with Crippen LogP contribution in [0.5, 0.6) is 0 Å². The van der Waals surface area contributed by atoms with Crippen molar-refractivity contribution >= 4 is 68.1 Å². The monoisotopic (exact) mass is 712 g/mol. The summed E-state index contributed by atoms with van der Waals surface area (Å²) in [7, 11) is 3.23. The molecule has 0 unspecified atom stereocenters. The maximum absolute atomic E-state index is 13.6. The number of pyridine rings is 2. The van der Waals surface area contributed by atoms with E-state index in [1.54, 1.807) is 45.1 Å². The lowest BCUT2D eigenvalue weighted by Gasteiger charge is -2.09. The molecule has 6 aromatic rings. The maximum atomic E-state index is 13.6. The Bertz CT molecular complexity index is 1920. The largest absolute Gasteiger partial charge is 0.461 e. The van der Waals surface area contributed by atoms with E-state index >= 15 is 0 Å². The molecule has 4 aromatic heterocycles. The number of carbonyl (C=O) groups excluding carboxylic acids is 2. The third-order valence-corrected chi connectivity index (χ3v) is 12.7. The average Bonchev–Trinajstić information content (AvgIpc) is 3.57. The molecule has 0 radical (unpaired) electrons. The number of esters is 2. The lowest BCUT2D eigenvalue weighted by Crippen LogP contribution is -2.09. The Morgan fingerprint density at radius 1 is 0.583 bits per heavy atom. The van der Waals surface area contributed by atoms with E-state index in [-0.39, 0.29) is 25.2 Å². The minimum Gasteiger partial charge on any atom is -0.461 e. The van der Waals surface area contributed by atoms with Gasteiger partial charge in [-0.25, -0.2) is 9.59 Å². The fourth-order valence-corrected chi connectivity index (χ4v) is 10.9. The Kier molecular flexibility index (Phi) is 11.2. The van der Waals surface area contributed by atoms with Gasteiger partial charge in [-0.15, -0.1) is 23.5 Å². The first-order valence-corrected chi connectivity index (χ1v) is 19.8. The van der Waals surface area contributed by atoms with E-state index in [1.165, 1.54) is 11.1 Å². The normalized spacial score (nSPS) is 11.3. The molecule has 6 rings (SSSR count). The number of aromatic nitrogens is 2. The van der Waals surface area contributed by atoms with E-state index in [9.17, 15) is 9.59 Å². The molecule has 0 saturated heterocycles. The Morgan fingerprint density at radius 2 is 0.979 bits per heavy atom. The van der Waals surface area contributed by atoms with Crippen LogP contribution in [-0.4, -0.2) is 34.0 Å². The zero-order valence-electron chi connectivity index (χ0n) is 27.2. The van der Waals surface area contributed by atoms with E-state index in [1.807, 2.05) is 83.6 Å². The third-order valence-electron chi connectivity index (χ3n) is 7.61. The van der Waals surface area contributed by atoms with Gasteiger partial charge in [0.15, 0.2) is 0 Å². The number of benzene rings is 2. The van der Waals surface area contributed by atoms with Crippen LogP contribution in [0.25, 0.3) is 11.0 Å². The molecule has 0 saturated carbocycles. The molecule has 246 valence electrons. The fourth-order valence-electron chi connectivity index (χ4n) is 5.37. The van der Waals surface area contributed by atoms with Crippen molar-refractivity contribution in [2.24, 2.45) is 0 Å². The Labute approximate surface area is 297 Å². The second-order valence-corrected chi connectivity index (χ2v) is 15.2. The first kappa shape index (κ1) is 34.2. The molecule has 48 heavy (non-hydrogen) atoms. The molecule has 0 atom stereocenters. The van der Waals surface area contributed by atoms with Crippen LogP contribution in [0.2, 0.25) is 0 Å². The number of aryl methyl sites for hydroxylation is 2. The maximum Gasteiger partial charge on any atom is 0.356 e. The predicted molar refractivity (Wildman–Crippen MR) is 200 cm³/mol. The number of rotatable bonds is 13. The van der Waals surface area contributed by atoms with Crippen molar-refractivity contribution in [2.75, 3.05) is 13.2 Å². The number of hydrogen-bond donors (Lipinski definition) is 0. The average molecular weight is 713 g/mol. The second kappa shape index (κ2) is 15.7. The molecule has 0 fully saturated rings. The fraction of sp³-hybridized carbons (Fsp3) is 0.211. The standard InChI is InChI=1S/C38H36N2O4S4/c1-5-43-37(41)31-35(45-23-27-13-9-7-10-14-27)33(29-21-25(3)17-19-39(29)31)47-48-34-30-22-26(4)18-20-40(30)32(38(42)44-6-2)36(34)46-24-28-15-11-8-12-16-28/h7-22H,5-6,23-24H2,1-4H3. The second-order valence-electron chi connectivity index (χ2n) is 11.1. The highest BCUT2D eigenvalue weighted by molar-refractivity contribution is 8.76. The van der Waals surface area contributed by atoms with Gasteiger partial charge in [0.05, 0.1) is 43.8 Å². The lowest BCUT2D eigenvalue weighted by atomic mass is 10.2. The smallest absolute Gasteiger partial charge is 0.356 e. The highest BCUT2D eigenvalue weighted by Gasteiger charge is 2.29. The SMILES string of the molecule is CCOC(=O)c1c(SCc2ccccc2)c(SSc2c(SCc3ccccc3)c(C(=O)OCC)n3ccc(C)cc23)c2cc(C)ccn12. The summed E-state index contributed by atoms with van der Waals surface area (Å²) < 4.78 is 15.1. The van der Waals surface area contributed by atoms with Crippen molar-refractivity contribution in [3.05, 3.63) is 131 Å². The topological polar surface area (TPSA) is 61.4 Å². The van der Waals surface area contributed by atoms with Crippen LogP contribution in [0.3, 0.4) is 0 Å². The molecule has 0 N–H and O–H groups in total. The molecule has 10 heteroatoms. The van der Waals surface area contributed by atoms with Crippen molar-refractivity contribution in [3.63, 3.8) is 0 Å². The number of carbonyl (C=O) groups is 2. The Balaban J connectivity index is 1.48. The number of nitrogens with zero attached hydrogens (tertiary/aromatic N) is 2. The van der Waals surface area contributed by atoms with Gasteiger partial charge in [-0.3, -0.25) is 0 Å². The highest BCUT2D eigenvalue weighted by atomic mass is 33.1. The van der Waals surface area contributed by atoms with Gasteiger partial charge >= 0.3 is 11.9 Å². The van der Waals surface area contributed by atoms with Crippen molar-refractivity contribution in [2.45, 2.75) is 58.8 Å². The molecule has 0 aliphatic heterocycles. The van der Waals surface area contributed by atoms with Crippen LogP contribution in [0, 0.1) is 13.8 Å². The third kappa shape index (κ3) is 7.32. The van der Waals surface area contributed by atoms with Crippen LogP contribution in [0.4, 0.5) is 0 Å². The summed E-state index contributed by atoms with van der Waals surface area (Å²) >= 11 is 3.28. The van der Waals surface area contributed by atoms with Gasteiger partial charge in [-0.2, -0.15) is 0 Å². The summed E-state index contributed by atoms with van der Waals surface area (Å²) in [6, 6.07) is 28.8. The van der Waals surface area contributed by atoms with Crippen molar-refractivity contribution in [1.82, 2.24) is 8.80 Å². The Morgan fingerprint density at radius 3 is 1.35 bits per heavy atom. The van der Waals surface area contributed by atoms with Crippen LogP contribution < -0.4 is 0 Å². The molecule has 0 bridgehead atoms. The number of fused-ring (bicyclic) bond motifs is 2. The van der Waals surface area contributed by atoms with Gasteiger partial charge in [0.25, 0.3) is 0 Å². The van der Waals surface area contributed by atoms with Crippen LogP contribution in [0.1, 0.15) is 57.1 Å². The summed E-state index contributed by atoms with van der Waals surface area (Å²) in [5.41, 5.74) is 7.45. The molecule has 0 spiro atoms. The zero-order chi connectivity index (χ0) is 33.6. The lowest BCUT2D eigenvalue weighted by molar-refractivity contribution is 0.0504. The summed E-state index contributed by atoms with van der Waals surface area (Å²) in [6.07, 6.45) is 3.91. The summed E-state index contributed by atoms with van der Waals surface area (Å²) in [5, 5.41) is 0. The van der Waals surface area contributed by atoms with Crippen molar-refractivity contribution < 1.29 is 19.1 Å². The summed E-state index contributed by atoms with van der Waals surface area (Å²) in [5.74, 6) is 0.691. The van der Waals surface area contributed by atoms with E-state index in [4.69, 9.17) is 9.47 Å². The molecular formula is C38H36N2O4S4. The number of hydrogen-bond acceptors (Lipinski definition) is 8. The van der Waals surface area contributed by atoms with Gasteiger partial charge in [-0.05, 0) is 95.8 Å². The Hall–Kier alpha value is -3.70. The first-order valence-electron chi connectivity index (χ1n) is 15.7. The number of ether oxygens (including phenoxy) is 2. The van der Waals surface area contributed by atoms with Gasteiger partial charge < -0.3 is 18.3 Å². The molecule has 4 heterocycles. The molecule has 0 amide bonds.